The molecule has 1 aliphatic rings. The summed E-state index contributed by atoms with van der Waals surface area (Å²) in [5, 5.41) is 0. The van der Waals surface area contributed by atoms with Crippen LogP contribution in [0.25, 0.3) is 0 Å². The molecular weight excluding hydrogens is 232 g/mol. The van der Waals surface area contributed by atoms with E-state index in [4.69, 9.17) is 22.9 Å². The monoisotopic (exact) mass is 252 g/mol. The summed E-state index contributed by atoms with van der Waals surface area (Å²) in [4.78, 5) is 20.0. The first-order chi connectivity index (χ1) is 8.15. The molecule has 0 aromatic carbocycles. The number of aliphatic imine (C=N–C) groups is 2. The molecule has 0 saturated heterocycles. The van der Waals surface area contributed by atoms with Crippen molar-refractivity contribution < 1.29 is 4.79 Å². The quantitative estimate of drug-likeness (QED) is 0.374. The average molecular weight is 252 g/mol. The number of nitrogens with zero attached hydrogens (tertiary/aromatic N) is 2. The largest absolute Gasteiger partial charge is 0.370 e. The van der Waals surface area contributed by atoms with Gasteiger partial charge < -0.3 is 22.9 Å². The molecule has 0 aliphatic heterocycles. The lowest BCUT2D eigenvalue weighted by atomic mass is 9.72. The standard InChI is InChI=1S/C11H20N6O/c1-5-7(16-9(12)13)6(18)4-11(2,3)8(5)17-10(14)15/h8H,4H2,1-3H3,(H4,12,13,16)(H4,14,15,17). The second-order valence-corrected chi connectivity index (χ2v) is 5.11. The smallest absolute Gasteiger partial charge is 0.191 e. The molecule has 0 saturated carbocycles. The number of carbonyl (C=O) groups excluding carboxylic acids is 1. The van der Waals surface area contributed by atoms with Gasteiger partial charge in [-0.1, -0.05) is 13.8 Å². The second-order valence-electron chi connectivity index (χ2n) is 5.11. The molecule has 18 heavy (non-hydrogen) atoms. The van der Waals surface area contributed by atoms with Crippen LogP contribution in [0, 0.1) is 5.41 Å². The summed E-state index contributed by atoms with van der Waals surface area (Å²) < 4.78 is 0. The maximum atomic E-state index is 12.0. The van der Waals surface area contributed by atoms with E-state index in [9.17, 15) is 4.79 Å². The number of nitrogens with two attached hydrogens (primary N) is 4. The van der Waals surface area contributed by atoms with E-state index in [0.29, 0.717) is 5.57 Å². The van der Waals surface area contributed by atoms with Gasteiger partial charge >= 0.3 is 0 Å². The van der Waals surface area contributed by atoms with E-state index in [1.54, 1.807) is 6.92 Å². The Morgan fingerprint density at radius 2 is 1.78 bits per heavy atom. The van der Waals surface area contributed by atoms with Crippen molar-refractivity contribution in [2.45, 2.75) is 33.2 Å². The van der Waals surface area contributed by atoms with Crippen molar-refractivity contribution in [1.29, 1.82) is 0 Å². The highest BCUT2D eigenvalue weighted by molar-refractivity contribution is 6.00. The minimum Gasteiger partial charge on any atom is -0.370 e. The second kappa shape index (κ2) is 4.67. The van der Waals surface area contributed by atoms with Crippen LogP contribution in [-0.2, 0) is 4.79 Å². The van der Waals surface area contributed by atoms with E-state index in [1.807, 2.05) is 13.8 Å². The first kappa shape index (κ1) is 14.0. The first-order valence-corrected chi connectivity index (χ1v) is 5.57. The molecule has 0 amide bonds. The zero-order chi connectivity index (χ0) is 14.1. The van der Waals surface area contributed by atoms with Crippen LogP contribution in [0.4, 0.5) is 0 Å². The van der Waals surface area contributed by atoms with Gasteiger partial charge in [0, 0.05) is 6.42 Å². The van der Waals surface area contributed by atoms with Crippen molar-refractivity contribution in [1.82, 2.24) is 0 Å². The Labute approximate surface area is 106 Å². The van der Waals surface area contributed by atoms with E-state index in [0.717, 1.165) is 0 Å². The molecule has 1 atom stereocenters. The van der Waals surface area contributed by atoms with E-state index < -0.39 is 0 Å². The number of allylic oxidation sites excluding steroid dienone is 1. The number of rotatable bonds is 2. The fraction of sp³-hybridized carbons (Fsp3) is 0.545. The van der Waals surface area contributed by atoms with Gasteiger partial charge in [0.15, 0.2) is 17.7 Å². The maximum Gasteiger partial charge on any atom is 0.191 e. The molecule has 0 bridgehead atoms. The van der Waals surface area contributed by atoms with Crippen LogP contribution in [0.5, 0.6) is 0 Å². The molecule has 100 valence electrons. The van der Waals surface area contributed by atoms with E-state index in [1.165, 1.54) is 0 Å². The Morgan fingerprint density at radius 3 is 2.22 bits per heavy atom. The fourth-order valence-electron chi connectivity index (χ4n) is 2.23. The molecule has 0 spiro atoms. The average Bonchev–Trinajstić information content (AvgIpc) is 2.18. The van der Waals surface area contributed by atoms with Gasteiger partial charge in [0.25, 0.3) is 0 Å². The third-order valence-corrected chi connectivity index (χ3v) is 2.92. The molecule has 1 aliphatic carbocycles. The van der Waals surface area contributed by atoms with Gasteiger partial charge in [0.05, 0.1) is 6.04 Å². The lowest BCUT2D eigenvalue weighted by Gasteiger charge is -2.36. The molecule has 0 fully saturated rings. The number of Topliss-reactive ketones (excluding diaryl/α,β-unsaturated/α-hetero) is 1. The molecular formula is C11H20N6O. The van der Waals surface area contributed by atoms with Gasteiger partial charge in [-0.2, -0.15) is 0 Å². The van der Waals surface area contributed by atoms with Crippen molar-refractivity contribution in [2.75, 3.05) is 0 Å². The number of hydrogen-bond acceptors (Lipinski definition) is 3. The van der Waals surface area contributed by atoms with Crippen molar-refractivity contribution in [2.24, 2.45) is 38.3 Å². The predicted molar refractivity (Wildman–Crippen MR) is 71.5 cm³/mol. The lowest BCUT2D eigenvalue weighted by molar-refractivity contribution is -0.118. The van der Waals surface area contributed by atoms with Gasteiger partial charge in [-0.3, -0.25) is 4.79 Å². The molecule has 7 heteroatoms. The van der Waals surface area contributed by atoms with Crippen molar-refractivity contribution in [3.8, 4) is 0 Å². The van der Waals surface area contributed by atoms with E-state index in [2.05, 4.69) is 9.98 Å². The maximum absolute atomic E-state index is 12.0. The van der Waals surface area contributed by atoms with Crippen molar-refractivity contribution in [3.05, 3.63) is 11.3 Å². The lowest BCUT2D eigenvalue weighted by Crippen LogP contribution is -2.40. The van der Waals surface area contributed by atoms with Crippen LogP contribution in [0.2, 0.25) is 0 Å². The van der Waals surface area contributed by atoms with E-state index in [-0.39, 0.29) is 41.3 Å². The number of carbonyl (C=O) groups is 1. The summed E-state index contributed by atoms with van der Waals surface area (Å²) in [6, 6.07) is -0.307. The van der Waals surface area contributed by atoms with Crippen LogP contribution in [0.3, 0.4) is 0 Å². The normalized spacial score (nSPS) is 22.6. The zero-order valence-corrected chi connectivity index (χ0v) is 10.9. The molecule has 8 N–H and O–H groups in total. The van der Waals surface area contributed by atoms with Gasteiger partial charge in [0.1, 0.15) is 5.70 Å². The number of ketones is 1. The van der Waals surface area contributed by atoms with Gasteiger partial charge in [0.2, 0.25) is 0 Å². The Morgan fingerprint density at radius 1 is 1.22 bits per heavy atom. The summed E-state index contributed by atoms with van der Waals surface area (Å²) in [5.41, 5.74) is 22.0. The molecule has 1 unspecified atom stereocenters. The van der Waals surface area contributed by atoms with Crippen LogP contribution in [-0.4, -0.2) is 23.7 Å². The van der Waals surface area contributed by atoms with E-state index >= 15 is 0 Å². The molecule has 0 heterocycles. The predicted octanol–water partition coefficient (Wildman–Crippen LogP) is -0.825. The van der Waals surface area contributed by atoms with Gasteiger partial charge in [-0.25, -0.2) is 9.98 Å². The molecule has 0 aromatic rings. The Kier molecular flexibility index (Phi) is 3.64. The van der Waals surface area contributed by atoms with Gasteiger partial charge in [-0.05, 0) is 17.9 Å². The van der Waals surface area contributed by atoms with Crippen molar-refractivity contribution in [3.63, 3.8) is 0 Å². The Bertz CT molecular complexity index is 452. The summed E-state index contributed by atoms with van der Waals surface area (Å²) in [6.07, 6.45) is 0.290. The number of guanidine groups is 2. The van der Waals surface area contributed by atoms with Crippen LogP contribution < -0.4 is 22.9 Å². The summed E-state index contributed by atoms with van der Waals surface area (Å²) in [7, 11) is 0. The Balaban J connectivity index is 3.37. The Hall–Kier alpha value is -2.05. The molecule has 1 rings (SSSR count). The zero-order valence-electron chi connectivity index (χ0n) is 10.9. The van der Waals surface area contributed by atoms with Crippen LogP contribution >= 0.6 is 0 Å². The minimum absolute atomic E-state index is 0.0224. The molecule has 0 aromatic heterocycles. The highest BCUT2D eigenvalue weighted by Gasteiger charge is 2.40. The topological polar surface area (TPSA) is 146 Å². The molecule has 7 nitrogen and oxygen atoms in total. The highest BCUT2D eigenvalue weighted by atomic mass is 16.1. The van der Waals surface area contributed by atoms with Crippen molar-refractivity contribution >= 4 is 17.7 Å². The summed E-state index contributed by atoms with van der Waals surface area (Å²) in [6.45, 7) is 5.62. The first-order valence-electron chi connectivity index (χ1n) is 5.57. The summed E-state index contributed by atoms with van der Waals surface area (Å²) in [5.74, 6) is -0.278. The van der Waals surface area contributed by atoms with Crippen LogP contribution in [0.1, 0.15) is 27.2 Å². The van der Waals surface area contributed by atoms with Gasteiger partial charge in [-0.15, -0.1) is 0 Å². The third kappa shape index (κ3) is 2.79. The number of hydrogen-bond donors (Lipinski definition) is 4. The third-order valence-electron chi connectivity index (χ3n) is 2.92. The minimum atomic E-state index is -0.368. The molecule has 0 radical (unpaired) electrons. The SMILES string of the molecule is CC1=C(N=C(N)N)C(=O)CC(C)(C)C1N=C(N)N. The van der Waals surface area contributed by atoms with Crippen LogP contribution in [0.15, 0.2) is 21.3 Å². The fourth-order valence-corrected chi connectivity index (χ4v) is 2.23. The highest BCUT2D eigenvalue weighted by Crippen LogP contribution is 2.39. The summed E-state index contributed by atoms with van der Waals surface area (Å²) >= 11 is 0.